The van der Waals surface area contributed by atoms with Crippen molar-refractivity contribution in [3.05, 3.63) is 65.2 Å². The Hall–Kier alpha value is -2.90. The number of hydrogen-bond donors (Lipinski definition) is 3. The van der Waals surface area contributed by atoms with Crippen molar-refractivity contribution in [3.63, 3.8) is 0 Å². The summed E-state index contributed by atoms with van der Waals surface area (Å²) in [4.78, 5) is 25.9. The van der Waals surface area contributed by atoms with Gasteiger partial charge in [0.1, 0.15) is 0 Å². The molecule has 1 fully saturated rings. The molecule has 0 aromatic heterocycles. The molecule has 1 aliphatic rings. The number of amides is 3. The standard InChI is InChI=1S/C21H26N4O3/c1-15-7-8-17(20(22)26)11-19(15)24-21(27)23-12-18-14-25(9-10-28-18)13-16-5-3-2-4-6-16/h2-8,11,18H,9-10,12-14H2,1H3,(H2,22,26)(H2,23,24,27). The van der Waals surface area contributed by atoms with Crippen LogP contribution in [0.1, 0.15) is 21.5 Å². The van der Waals surface area contributed by atoms with Crippen molar-refractivity contribution < 1.29 is 14.3 Å². The number of morpholine rings is 1. The second-order valence-electron chi connectivity index (χ2n) is 6.94. The van der Waals surface area contributed by atoms with Gasteiger partial charge in [0.05, 0.1) is 12.7 Å². The van der Waals surface area contributed by atoms with E-state index in [0.717, 1.165) is 25.2 Å². The van der Waals surface area contributed by atoms with Gasteiger partial charge in [-0.2, -0.15) is 0 Å². The third-order valence-corrected chi connectivity index (χ3v) is 4.73. The maximum absolute atomic E-state index is 12.3. The smallest absolute Gasteiger partial charge is 0.319 e. The van der Waals surface area contributed by atoms with Gasteiger partial charge < -0.3 is 21.1 Å². The monoisotopic (exact) mass is 382 g/mol. The van der Waals surface area contributed by atoms with Crippen LogP contribution in [-0.2, 0) is 11.3 Å². The molecular weight excluding hydrogens is 356 g/mol. The summed E-state index contributed by atoms with van der Waals surface area (Å²) in [6, 6.07) is 14.9. The fourth-order valence-corrected chi connectivity index (χ4v) is 3.17. The Morgan fingerprint density at radius 3 is 2.75 bits per heavy atom. The number of nitrogens with two attached hydrogens (primary N) is 1. The Labute approximate surface area is 164 Å². The minimum absolute atomic E-state index is 0.0683. The third-order valence-electron chi connectivity index (χ3n) is 4.73. The van der Waals surface area contributed by atoms with Gasteiger partial charge in [-0.15, -0.1) is 0 Å². The minimum Gasteiger partial charge on any atom is -0.374 e. The maximum Gasteiger partial charge on any atom is 0.319 e. The number of rotatable bonds is 6. The first-order valence-electron chi connectivity index (χ1n) is 9.34. The molecule has 1 atom stereocenters. The lowest BCUT2D eigenvalue weighted by Crippen LogP contribution is -2.47. The molecule has 0 aliphatic carbocycles. The molecule has 28 heavy (non-hydrogen) atoms. The van der Waals surface area contributed by atoms with Crippen molar-refractivity contribution in [2.45, 2.75) is 19.6 Å². The summed E-state index contributed by atoms with van der Waals surface area (Å²) in [5.41, 5.74) is 8.33. The minimum atomic E-state index is -0.530. The van der Waals surface area contributed by atoms with Crippen molar-refractivity contribution in [3.8, 4) is 0 Å². The van der Waals surface area contributed by atoms with E-state index in [1.807, 2.05) is 25.1 Å². The molecule has 0 radical (unpaired) electrons. The van der Waals surface area contributed by atoms with Crippen LogP contribution in [0.2, 0.25) is 0 Å². The number of anilines is 1. The summed E-state index contributed by atoms with van der Waals surface area (Å²) < 4.78 is 5.78. The van der Waals surface area contributed by atoms with E-state index in [9.17, 15) is 9.59 Å². The number of hydrogen-bond acceptors (Lipinski definition) is 4. The SMILES string of the molecule is Cc1ccc(C(N)=O)cc1NC(=O)NCC1CN(Cc2ccccc2)CCO1. The second-order valence-corrected chi connectivity index (χ2v) is 6.94. The lowest BCUT2D eigenvalue weighted by molar-refractivity contribution is -0.0285. The zero-order chi connectivity index (χ0) is 19.9. The van der Waals surface area contributed by atoms with Crippen molar-refractivity contribution in [2.24, 2.45) is 5.73 Å². The highest BCUT2D eigenvalue weighted by Crippen LogP contribution is 2.16. The van der Waals surface area contributed by atoms with E-state index in [0.29, 0.717) is 24.4 Å². The number of aryl methyl sites for hydroxylation is 1. The molecule has 7 nitrogen and oxygen atoms in total. The first kappa shape index (κ1) is 19.9. The topological polar surface area (TPSA) is 96.7 Å². The van der Waals surface area contributed by atoms with Crippen LogP contribution in [0.3, 0.4) is 0 Å². The van der Waals surface area contributed by atoms with Crippen LogP contribution in [0.5, 0.6) is 0 Å². The molecule has 0 spiro atoms. The number of urea groups is 1. The van der Waals surface area contributed by atoms with Crippen LogP contribution in [0, 0.1) is 6.92 Å². The molecule has 148 valence electrons. The fourth-order valence-electron chi connectivity index (χ4n) is 3.17. The number of primary amides is 1. The van der Waals surface area contributed by atoms with Crippen LogP contribution in [0.15, 0.2) is 48.5 Å². The van der Waals surface area contributed by atoms with Crippen LogP contribution in [0.4, 0.5) is 10.5 Å². The predicted molar refractivity (Wildman–Crippen MR) is 108 cm³/mol. The molecule has 4 N–H and O–H groups in total. The van der Waals surface area contributed by atoms with Gasteiger partial charge in [-0.05, 0) is 30.2 Å². The molecule has 3 amide bonds. The maximum atomic E-state index is 12.3. The van der Waals surface area contributed by atoms with E-state index >= 15 is 0 Å². The van der Waals surface area contributed by atoms with Gasteiger partial charge in [-0.1, -0.05) is 36.4 Å². The zero-order valence-electron chi connectivity index (χ0n) is 16.0. The van der Waals surface area contributed by atoms with E-state index in [4.69, 9.17) is 10.5 Å². The molecule has 1 saturated heterocycles. The quantitative estimate of drug-likeness (QED) is 0.713. The number of carbonyl (C=O) groups is 2. The van der Waals surface area contributed by atoms with E-state index in [1.165, 1.54) is 5.56 Å². The lowest BCUT2D eigenvalue weighted by Gasteiger charge is -2.33. The number of ether oxygens (including phenoxy) is 1. The zero-order valence-corrected chi connectivity index (χ0v) is 16.0. The predicted octanol–water partition coefficient (Wildman–Crippen LogP) is 2.12. The van der Waals surface area contributed by atoms with Crippen molar-refractivity contribution in [1.82, 2.24) is 10.2 Å². The van der Waals surface area contributed by atoms with E-state index in [-0.39, 0.29) is 12.1 Å². The lowest BCUT2D eigenvalue weighted by atomic mass is 10.1. The molecule has 1 heterocycles. The molecule has 7 heteroatoms. The summed E-state index contributed by atoms with van der Waals surface area (Å²) in [5, 5.41) is 5.61. The highest BCUT2D eigenvalue weighted by Gasteiger charge is 2.21. The molecule has 0 saturated carbocycles. The first-order valence-corrected chi connectivity index (χ1v) is 9.34. The Morgan fingerprint density at radius 2 is 2.00 bits per heavy atom. The third kappa shape index (κ3) is 5.55. The normalized spacial score (nSPS) is 17.1. The van der Waals surface area contributed by atoms with Gasteiger partial charge in [0.25, 0.3) is 0 Å². The summed E-state index contributed by atoms with van der Waals surface area (Å²) in [5.74, 6) is -0.530. The van der Waals surface area contributed by atoms with Gasteiger partial charge in [0.2, 0.25) is 5.91 Å². The second kappa shape index (κ2) is 9.34. The molecule has 2 aromatic carbocycles. The number of nitrogens with zero attached hydrogens (tertiary/aromatic N) is 1. The largest absolute Gasteiger partial charge is 0.374 e. The number of nitrogens with one attached hydrogen (secondary N) is 2. The van der Waals surface area contributed by atoms with Crippen LogP contribution in [-0.4, -0.2) is 49.2 Å². The Balaban J connectivity index is 1.49. The highest BCUT2D eigenvalue weighted by molar-refractivity contribution is 5.96. The summed E-state index contributed by atoms with van der Waals surface area (Å²) in [7, 11) is 0. The van der Waals surface area contributed by atoms with Crippen LogP contribution >= 0.6 is 0 Å². The van der Waals surface area contributed by atoms with Gasteiger partial charge in [0.15, 0.2) is 0 Å². The molecule has 3 rings (SSSR count). The van der Waals surface area contributed by atoms with Gasteiger partial charge >= 0.3 is 6.03 Å². The van der Waals surface area contributed by atoms with Crippen molar-refractivity contribution >= 4 is 17.6 Å². The first-order chi connectivity index (χ1) is 13.5. The Bertz CT molecular complexity index is 826. The average Bonchev–Trinajstić information content (AvgIpc) is 2.69. The van der Waals surface area contributed by atoms with Crippen molar-refractivity contribution in [2.75, 3.05) is 31.6 Å². The van der Waals surface area contributed by atoms with Crippen LogP contribution < -0.4 is 16.4 Å². The van der Waals surface area contributed by atoms with E-state index < -0.39 is 5.91 Å². The molecular formula is C21H26N4O3. The molecule has 1 aliphatic heterocycles. The number of carbonyl (C=O) groups excluding carboxylic acids is 2. The Kier molecular flexibility index (Phi) is 6.62. The van der Waals surface area contributed by atoms with E-state index in [2.05, 4.69) is 27.7 Å². The summed E-state index contributed by atoms with van der Waals surface area (Å²) >= 11 is 0. The van der Waals surface area contributed by atoms with Crippen molar-refractivity contribution in [1.29, 1.82) is 0 Å². The fraction of sp³-hybridized carbons (Fsp3) is 0.333. The van der Waals surface area contributed by atoms with Gasteiger partial charge in [-0.25, -0.2) is 4.79 Å². The number of benzene rings is 2. The molecule has 1 unspecified atom stereocenters. The van der Waals surface area contributed by atoms with E-state index in [1.54, 1.807) is 18.2 Å². The average molecular weight is 382 g/mol. The Morgan fingerprint density at radius 1 is 1.21 bits per heavy atom. The molecule has 0 bridgehead atoms. The van der Waals surface area contributed by atoms with Crippen LogP contribution in [0.25, 0.3) is 0 Å². The summed E-state index contributed by atoms with van der Waals surface area (Å²) in [6.07, 6.45) is -0.0683. The molecule has 2 aromatic rings. The van der Waals surface area contributed by atoms with Gasteiger partial charge in [-0.3, -0.25) is 9.69 Å². The highest BCUT2D eigenvalue weighted by atomic mass is 16.5. The summed E-state index contributed by atoms with van der Waals surface area (Å²) in [6.45, 7) is 5.40. The van der Waals surface area contributed by atoms with Gasteiger partial charge in [0, 0.05) is 37.4 Å².